The number of fused-ring (bicyclic) bond motifs is 5. The molecule has 0 aliphatic rings. The molecule has 0 unspecified atom stereocenters. The first-order valence-electron chi connectivity index (χ1n) is 15.6. The highest BCUT2D eigenvalue weighted by Gasteiger charge is 2.19. The van der Waals surface area contributed by atoms with Crippen LogP contribution in [0.25, 0.3) is 87.3 Å². The van der Waals surface area contributed by atoms with E-state index in [0.29, 0.717) is 39.4 Å². The van der Waals surface area contributed by atoms with Gasteiger partial charge in [-0.1, -0.05) is 78.9 Å². The highest BCUT2D eigenvalue weighted by Crippen LogP contribution is 2.39. The van der Waals surface area contributed by atoms with Gasteiger partial charge in [0.25, 0.3) is 0 Å². The molecule has 7 nitrogen and oxygen atoms in total. The van der Waals surface area contributed by atoms with Crippen molar-refractivity contribution in [1.82, 2.24) is 15.0 Å². The quantitative estimate of drug-likeness (QED) is 0.142. The number of aromatic nitrogens is 3. The van der Waals surface area contributed by atoms with Crippen molar-refractivity contribution in [3.05, 3.63) is 161 Å². The van der Waals surface area contributed by atoms with Crippen molar-refractivity contribution in [3.8, 4) is 57.0 Å². The maximum atomic E-state index is 9.49. The molecule has 0 amide bonds. The Balaban J connectivity index is 1.37. The fourth-order valence-electron chi connectivity index (χ4n) is 6.30. The summed E-state index contributed by atoms with van der Waals surface area (Å²) in [6, 6.07) is 44.1. The number of nitrogens with zero attached hydrogens (tertiary/aromatic N) is 7. The Hall–Kier alpha value is -7.71. The molecule has 0 fully saturated rings. The van der Waals surface area contributed by atoms with Crippen molar-refractivity contribution >= 4 is 44.1 Å². The van der Waals surface area contributed by atoms with Crippen LogP contribution in [0, 0.1) is 35.8 Å². The van der Waals surface area contributed by atoms with E-state index in [0.717, 1.165) is 60.7 Å². The van der Waals surface area contributed by atoms with Crippen LogP contribution in [0.15, 0.2) is 127 Å². The number of para-hydroxylation sites is 1. The second-order valence-electron chi connectivity index (χ2n) is 11.7. The van der Waals surface area contributed by atoms with Gasteiger partial charge in [-0.2, -0.15) is 10.5 Å². The van der Waals surface area contributed by atoms with E-state index in [2.05, 4.69) is 21.8 Å². The first-order valence-corrected chi connectivity index (χ1v) is 15.6. The molecule has 0 N–H and O–H groups in total. The fraction of sp³-hybridized carbons (Fsp3) is 0. The van der Waals surface area contributed by atoms with Crippen molar-refractivity contribution in [2.45, 2.75) is 0 Å². The molecule has 8 rings (SSSR count). The van der Waals surface area contributed by atoms with E-state index in [1.807, 2.05) is 84.9 Å². The molecule has 0 spiro atoms. The summed E-state index contributed by atoms with van der Waals surface area (Å²) < 4.78 is 0. The highest BCUT2D eigenvalue weighted by molar-refractivity contribution is 6.21. The van der Waals surface area contributed by atoms with E-state index in [4.69, 9.17) is 28.1 Å². The Bertz CT molecular complexity index is 2800. The Morgan fingerprint density at radius 1 is 0.460 bits per heavy atom. The van der Waals surface area contributed by atoms with Gasteiger partial charge in [-0.25, -0.2) is 24.6 Å². The Kier molecular flexibility index (Phi) is 7.21. The van der Waals surface area contributed by atoms with Crippen LogP contribution in [0.5, 0.6) is 0 Å². The van der Waals surface area contributed by atoms with Gasteiger partial charge in [0, 0.05) is 32.8 Å². The van der Waals surface area contributed by atoms with E-state index < -0.39 is 0 Å². The van der Waals surface area contributed by atoms with Crippen molar-refractivity contribution in [2.75, 3.05) is 0 Å². The third-order valence-corrected chi connectivity index (χ3v) is 8.72. The fourth-order valence-corrected chi connectivity index (χ4v) is 6.30. The summed E-state index contributed by atoms with van der Waals surface area (Å²) in [7, 11) is 0. The summed E-state index contributed by atoms with van der Waals surface area (Å²) in [5, 5.41) is 21.7. The number of benzene rings is 6. The minimum atomic E-state index is 0.419. The average molecular weight is 636 g/mol. The van der Waals surface area contributed by atoms with Crippen molar-refractivity contribution in [1.29, 1.82) is 10.5 Å². The van der Waals surface area contributed by atoms with Crippen LogP contribution in [-0.4, -0.2) is 15.0 Å². The maximum Gasteiger partial charge on any atom is 0.189 e. The van der Waals surface area contributed by atoms with E-state index in [1.54, 1.807) is 42.5 Å². The first-order chi connectivity index (χ1) is 24.6. The van der Waals surface area contributed by atoms with Gasteiger partial charge in [0.2, 0.25) is 0 Å². The summed E-state index contributed by atoms with van der Waals surface area (Å²) in [6.07, 6.45) is 0. The van der Waals surface area contributed by atoms with Crippen LogP contribution in [0.1, 0.15) is 11.1 Å². The molecule has 2 aromatic heterocycles. The Morgan fingerprint density at radius 3 is 1.76 bits per heavy atom. The van der Waals surface area contributed by atoms with E-state index in [9.17, 15) is 10.5 Å². The predicted octanol–water partition coefficient (Wildman–Crippen LogP) is 10.8. The summed E-state index contributed by atoms with van der Waals surface area (Å²) in [6.45, 7) is 14.8. The molecular formula is C43H21N7. The lowest BCUT2D eigenvalue weighted by atomic mass is 9.96. The molecule has 8 aromatic rings. The van der Waals surface area contributed by atoms with Gasteiger partial charge in [-0.15, -0.1) is 0 Å². The smallest absolute Gasteiger partial charge is 0.189 e. The lowest BCUT2D eigenvalue weighted by Crippen LogP contribution is -1.98. The van der Waals surface area contributed by atoms with Gasteiger partial charge in [0.05, 0.1) is 64.5 Å². The average Bonchev–Trinajstić information content (AvgIpc) is 3.19. The molecular weight excluding hydrogens is 615 g/mol. The van der Waals surface area contributed by atoms with Crippen molar-refractivity contribution < 1.29 is 0 Å². The molecule has 0 saturated carbocycles. The topological polar surface area (TPSA) is 95.0 Å². The number of pyridine rings is 1. The van der Waals surface area contributed by atoms with Gasteiger partial charge >= 0.3 is 0 Å². The normalized spacial score (nSPS) is 10.7. The Labute approximate surface area is 287 Å². The monoisotopic (exact) mass is 635 g/mol. The summed E-state index contributed by atoms with van der Waals surface area (Å²) >= 11 is 0. The van der Waals surface area contributed by atoms with Crippen molar-refractivity contribution in [3.63, 3.8) is 0 Å². The molecule has 7 heteroatoms. The van der Waals surface area contributed by atoms with E-state index >= 15 is 0 Å². The van der Waals surface area contributed by atoms with Gasteiger partial charge < -0.3 is 0 Å². The van der Waals surface area contributed by atoms with Crippen LogP contribution >= 0.6 is 0 Å². The van der Waals surface area contributed by atoms with Crippen LogP contribution in [0.3, 0.4) is 0 Å². The van der Waals surface area contributed by atoms with E-state index in [-0.39, 0.29) is 0 Å². The zero-order valence-electron chi connectivity index (χ0n) is 26.3. The number of hydrogen-bond acceptors (Lipinski definition) is 5. The van der Waals surface area contributed by atoms with Crippen LogP contribution < -0.4 is 0 Å². The largest absolute Gasteiger partial charge is 0.247 e. The third kappa shape index (κ3) is 5.11. The molecule has 0 aliphatic carbocycles. The third-order valence-electron chi connectivity index (χ3n) is 8.72. The first kappa shape index (κ1) is 29.7. The van der Waals surface area contributed by atoms with Crippen molar-refractivity contribution in [2.24, 2.45) is 0 Å². The lowest BCUT2D eigenvalue weighted by molar-refractivity contribution is 1.30. The van der Waals surface area contributed by atoms with Gasteiger partial charge in [0.1, 0.15) is 0 Å². The second kappa shape index (κ2) is 12.1. The zero-order chi connectivity index (χ0) is 34.2. The van der Waals surface area contributed by atoms with Crippen LogP contribution in [-0.2, 0) is 0 Å². The molecule has 50 heavy (non-hydrogen) atoms. The minimum absolute atomic E-state index is 0.419. The lowest BCUT2D eigenvalue weighted by Gasteiger charge is -2.15. The number of rotatable bonds is 4. The number of hydrogen-bond donors (Lipinski definition) is 0. The molecule has 0 radical (unpaired) electrons. The predicted molar refractivity (Wildman–Crippen MR) is 196 cm³/mol. The zero-order valence-corrected chi connectivity index (χ0v) is 26.3. The molecule has 0 atom stereocenters. The molecule has 6 aromatic carbocycles. The standard InChI is InChI=1S/C43H21N7/c1-46-33-17-15-31(16-18-33)41-42(30-9-7-26(24-44)8-10-30)50-43-38(49-41)20-19-36-39(43)35-5-3-4-6-37(35)48-40(36)29-13-11-28(12-14-29)32-21-27(25-45)22-34(23-32)47-2/h3-23H. The molecule has 0 bridgehead atoms. The highest BCUT2D eigenvalue weighted by atomic mass is 14.8. The summed E-state index contributed by atoms with van der Waals surface area (Å²) in [5.41, 5.74) is 10.6. The van der Waals surface area contributed by atoms with Gasteiger partial charge in [0.15, 0.2) is 11.4 Å². The second-order valence-corrected chi connectivity index (χ2v) is 11.7. The summed E-state index contributed by atoms with van der Waals surface area (Å²) in [5.74, 6) is 0. The van der Waals surface area contributed by atoms with E-state index in [1.165, 1.54) is 0 Å². The molecule has 0 aliphatic heterocycles. The van der Waals surface area contributed by atoms with Crippen LogP contribution in [0.4, 0.5) is 11.4 Å². The minimum Gasteiger partial charge on any atom is -0.247 e. The Morgan fingerprint density at radius 2 is 1.06 bits per heavy atom. The SMILES string of the molecule is [C-]#[N+]c1ccc(-c2nc3ccc4c(-c5ccc(-c6cc(C#N)cc([N+]#[C-])c6)cc5)nc5ccccc5c4c3nc2-c2ccc(C#N)cc2)cc1. The maximum absolute atomic E-state index is 9.49. The molecule has 228 valence electrons. The van der Waals surface area contributed by atoms with Gasteiger partial charge in [-0.3, -0.25) is 0 Å². The molecule has 0 saturated heterocycles. The number of nitriles is 2. The van der Waals surface area contributed by atoms with Crippen LogP contribution in [0.2, 0.25) is 0 Å². The van der Waals surface area contributed by atoms with Gasteiger partial charge in [-0.05, 0) is 65.2 Å². The summed E-state index contributed by atoms with van der Waals surface area (Å²) in [4.78, 5) is 22.7. The molecule has 2 heterocycles.